The molecule has 1 aromatic rings. The van der Waals surface area contributed by atoms with Gasteiger partial charge in [-0.1, -0.05) is 6.92 Å². The normalized spacial score (nSPS) is 12.0. The van der Waals surface area contributed by atoms with Gasteiger partial charge < -0.3 is 4.74 Å². The second-order valence-corrected chi connectivity index (χ2v) is 5.91. The Hall–Kier alpha value is -1.46. The molecule has 1 rings (SSSR count). The smallest absolute Gasteiger partial charge is 0.406 e. The molecular weight excluding hydrogens is 307 g/mol. The summed E-state index contributed by atoms with van der Waals surface area (Å²) < 4.78 is 62.6. The summed E-state index contributed by atoms with van der Waals surface area (Å²) in [5.41, 5.74) is -0.512. The van der Waals surface area contributed by atoms with Gasteiger partial charge in [-0.3, -0.25) is 0 Å². The molecule has 0 aromatic heterocycles. The standard InChI is InChI=1S/C10H7ClF3NO3S/c1-2-6-3-8(18-10(12,13)14)4-7(5-15)9(6)19(11,16)17/h3-4H,2H2,1H3. The van der Waals surface area contributed by atoms with Gasteiger partial charge in [-0.2, -0.15) is 5.26 Å². The van der Waals surface area contributed by atoms with Crippen molar-refractivity contribution < 1.29 is 26.3 Å². The first-order valence-corrected chi connectivity index (χ1v) is 7.17. The Morgan fingerprint density at radius 1 is 1.42 bits per heavy atom. The van der Waals surface area contributed by atoms with Gasteiger partial charge in [0.25, 0.3) is 9.05 Å². The van der Waals surface area contributed by atoms with Crippen LogP contribution in [0.5, 0.6) is 5.75 Å². The molecule has 9 heteroatoms. The van der Waals surface area contributed by atoms with Crippen LogP contribution in [0.3, 0.4) is 0 Å². The van der Waals surface area contributed by atoms with Crippen molar-refractivity contribution in [1.82, 2.24) is 0 Å². The summed E-state index contributed by atoms with van der Waals surface area (Å²) in [4.78, 5) is -0.492. The lowest BCUT2D eigenvalue weighted by atomic mass is 10.1. The number of ether oxygens (including phenoxy) is 1. The van der Waals surface area contributed by atoms with Gasteiger partial charge in [0.2, 0.25) is 0 Å². The third-order valence-corrected chi connectivity index (χ3v) is 3.55. The number of benzene rings is 1. The van der Waals surface area contributed by atoms with E-state index in [-0.39, 0.29) is 12.0 Å². The van der Waals surface area contributed by atoms with Gasteiger partial charge in [0.15, 0.2) is 0 Å². The molecule has 4 nitrogen and oxygen atoms in total. The molecule has 0 aliphatic rings. The minimum atomic E-state index is -4.93. The van der Waals surface area contributed by atoms with Crippen LogP contribution in [0.2, 0.25) is 0 Å². The van der Waals surface area contributed by atoms with E-state index < -0.39 is 31.6 Å². The number of alkyl halides is 3. The Kier molecular flexibility index (Phi) is 4.32. The highest BCUT2D eigenvalue weighted by Gasteiger charge is 2.32. The molecule has 19 heavy (non-hydrogen) atoms. The molecule has 0 unspecified atom stereocenters. The summed E-state index contributed by atoms with van der Waals surface area (Å²) in [5, 5.41) is 8.81. The zero-order valence-electron chi connectivity index (χ0n) is 9.45. The van der Waals surface area contributed by atoms with E-state index in [4.69, 9.17) is 15.9 Å². The van der Waals surface area contributed by atoms with Crippen molar-refractivity contribution in [2.24, 2.45) is 0 Å². The summed E-state index contributed by atoms with van der Waals surface area (Å²) in [7, 11) is 0.934. The number of hydrogen-bond donors (Lipinski definition) is 0. The van der Waals surface area contributed by atoms with Crippen LogP contribution in [0.4, 0.5) is 13.2 Å². The van der Waals surface area contributed by atoms with E-state index in [2.05, 4.69) is 4.74 Å². The number of rotatable bonds is 3. The first-order valence-electron chi connectivity index (χ1n) is 4.86. The topological polar surface area (TPSA) is 67.2 Å². The van der Waals surface area contributed by atoms with Crippen LogP contribution in [0, 0.1) is 11.3 Å². The molecule has 0 saturated heterocycles. The second kappa shape index (κ2) is 5.27. The van der Waals surface area contributed by atoms with Crippen LogP contribution < -0.4 is 4.74 Å². The Morgan fingerprint density at radius 2 is 2.00 bits per heavy atom. The fraction of sp³-hybridized carbons (Fsp3) is 0.300. The lowest BCUT2D eigenvalue weighted by Crippen LogP contribution is -2.17. The summed E-state index contributed by atoms with van der Waals surface area (Å²) in [6.07, 6.45) is -4.86. The van der Waals surface area contributed by atoms with E-state index in [1.807, 2.05) is 0 Å². The molecule has 0 heterocycles. The van der Waals surface area contributed by atoms with E-state index in [0.717, 1.165) is 6.07 Å². The minimum Gasteiger partial charge on any atom is -0.406 e. The van der Waals surface area contributed by atoms with Gasteiger partial charge in [-0.15, -0.1) is 13.2 Å². The predicted molar refractivity (Wildman–Crippen MR) is 60.3 cm³/mol. The fourth-order valence-electron chi connectivity index (χ4n) is 1.49. The molecule has 104 valence electrons. The zero-order chi connectivity index (χ0) is 14.8. The zero-order valence-corrected chi connectivity index (χ0v) is 11.0. The summed E-state index contributed by atoms with van der Waals surface area (Å²) in [5.74, 6) is -0.662. The summed E-state index contributed by atoms with van der Waals surface area (Å²) in [6, 6.07) is 3.07. The van der Waals surface area contributed by atoms with Crippen LogP contribution in [0.15, 0.2) is 17.0 Å². The lowest BCUT2D eigenvalue weighted by molar-refractivity contribution is -0.274. The molecule has 0 aliphatic heterocycles. The SMILES string of the molecule is CCc1cc(OC(F)(F)F)cc(C#N)c1S(=O)(=O)Cl. The average Bonchev–Trinajstić information content (AvgIpc) is 2.23. The molecule has 0 bridgehead atoms. The van der Waals surface area contributed by atoms with Gasteiger partial charge >= 0.3 is 6.36 Å². The number of aryl methyl sites for hydroxylation is 1. The molecule has 0 amide bonds. The molecule has 0 spiro atoms. The van der Waals surface area contributed by atoms with Crippen molar-refractivity contribution >= 4 is 19.7 Å². The molecule has 0 fully saturated rings. The first-order chi connectivity index (χ1) is 8.58. The van der Waals surface area contributed by atoms with Gasteiger partial charge in [-0.05, 0) is 24.1 Å². The third-order valence-electron chi connectivity index (χ3n) is 2.12. The average molecular weight is 314 g/mol. The van der Waals surface area contributed by atoms with Crippen molar-refractivity contribution in [3.8, 4) is 11.8 Å². The highest BCUT2D eigenvalue weighted by atomic mass is 35.7. The number of hydrogen-bond acceptors (Lipinski definition) is 4. The second-order valence-electron chi connectivity index (χ2n) is 3.41. The fourth-order valence-corrected chi connectivity index (χ4v) is 2.92. The third kappa shape index (κ3) is 4.01. The van der Waals surface area contributed by atoms with Crippen molar-refractivity contribution in [2.75, 3.05) is 0 Å². The lowest BCUT2D eigenvalue weighted by Gasteiger charge is -2.13. The maximum absolute atomic E-state index is 12.1. The quantitative estimate of drug-likeness (QED) is 0.805. The molecule has 0 aliphatic carbocycles. The maximum Gasteiger partial charge on any atom is 0.573 e. The van der Waals surface area contributed by atoms with E-state index >= 15 is 0 Å². The van der Waals surface area contributed by atoms with Crippen LogP contribution in [-0.2, 0) is 15.5 Å². The molecule has 0 N–H and O–H groups in total. The van der Waals surface area contributed by atoms with Crippen molar-refractivity contribution in [3.63, 3.8) is 0 Å². The van der Waals surface area contributed by atoms with Crippen LogP contribution >= 0.6 is 10.7 Å². The van der Waals surface area contributed by atoms with Crippen LogP contribution in [0.25, 0.3) is 0 Å². The van der Waals surface area contributed by atoms with Gasteiger partial charge in [-0.25, -0.2) is 8.42 Å². The Balaban J connectivity index is 3.51. The molecule has 0 atom stereocenters. The van der Waals surface area contributed by atoms with Crippen LogP contribution in [0.1, 0.15) is 18.1 Å². The van der Waals surface area contributed by atoms with Crippen molar-refractivity contribution in [3.05, 3.63) is 23.3 Å². The van der Waals surface area contributed by atoms with E-state index in [9.17, 15) is 21.6 Å². The van der Waals surface area contributed by atoms with Gasteiger partial charge in [0, 0.05) is 10.7 Å². The Labute approximate surface area is 111 Å². The van der Waals surface area contributed by atoms with Gasteiger partial charge in [0.1, 0.15) is 16.7 Å². The van der Waals surface area contributed by atoms with E-state index in [1.165, 1.54) is 13.0 Å². The maximum atomic E-state index is 12.1. The predicted octanol–water partition coefficient (Wildman–Crippen LogP) is 2.95. The minimum absolute atomic E-state index is 0.0201. The number of nitriles is 1. The van der Waals surface area contributed by atoms with Crippen LogP contribution in [-0.4, -0.2) is 14.8 Å². The Morgan fingerprint density at radius 3 is 2.37 bits per heavy atom. The monoisotopic (exact) mass is 313 g/mol. The summed E-state index contributed by atoms with van der Waals surface area (Å²) >= 11 is 0. The molecule has 0 radical (unpaired) electrons. The Bertz CT molecular complexity index is 635. The van der Waals surface area contributed by atoms with E-state index in [1.54, 1.807) is 0 Å². The van der Waals surface area contributed by atoms with Gasteiger partial charge in [0.05, 0.1) is 5.56 Å². The van der Waals surface area contributed by atoms with E-state index in [0.29, 0.717) is 6.07 Å². The highest BCUT2D eigenvalue weighted by Crippen LogP contribution is 2.31. The summed E-state index contributed by atoms with van der Waals surface area (Å²) in [6.45, 7) is 1.51. The highest BCUT2D eigenvalue weighted by molar-refractivity contribution is 8.13. The largest absolute Gasteiger partial charge is 0.573 e. The van der Waals surface area contributed by atoms with Crippen molar-refractivity contribution in [1.29, 1.82) is 5.26 Å². The number of nitrogens with zero attached hydrogens (tertiary/aromatic N) is 1. The molecule has 0 saturated carbocycles. The molecule has 1 aromatic carbocycles. The van der Waals surface area contributed by atoms with Crippen molar-refractivity contribution in [2.45, 2.75) is 24.6 Å². The first kappa shape index (κ1) is 15.6. The molecular formula is C10H7ClF3NO3S. The number of halogens is 4.